The van der Waals surface area contributed by atoms with Crippen molar-refractivity contribution < 1.29 is 4.79 Å². The summed E-state index contributed by atoms with van der Waals surface area (Å²) in [5.74, 6) is 1.23. The zero-order chi connectivity index (χ0) is 20.1. The lowest BCUT2D eigenvalue weighted by atomic mass is 10.0. The van der Waals surface area contributed by atoms with Gasteiger partial charge in [-0.15, -0.1) is 24.0 Å². The molecule has 0 spiro atoms. The Kier molecular flexibility index (Phi) is 8.13. The Morgan fingerprint density at radius 2 is 1.73 bits per heavy atom. The van der Waals surface area contributed by atoms with Crippen LogP contribution in [0.3, 0.4) is 0 Å². The van der Waals surface area contributed by atoms with Gasteiger partial charge in [0.05, 0.1) is 6.54 Å². The van der Waals surface area contributed by atoms with Gasteiger partial charge in [0, 0.05) is 39.1 Å². The Morgan fingerprint density at radius 1 is 1.00 bits per heavy atom. The first-order valence-electron chi connectivity index (χ1n) is 10.7. The standard InChI is InChI=1S/C24H30N4O.HI/c1-2-25-24(28-15-13-19-8-3-5-10-21(19)18-28)26-16-20-9-4-6-11-22(20)17-27-14-7-12-23(27)29;/h3-6,8-11H,2,7,12-18H2,1H3,(H,25,26);1H. The minimum atomic E-state index is 0. The van der Waals surface area contributed by atoms with Crippen molar-refractivity contribution in [3.05, 3.63) is 70.8 Å². The number of carbonyl (C=O) groups is 1. The first-order valence-corrected chi connectivity index (χ1v) is 10.7. The van der Waals surface area contributed by atoms with Gasteiger partial charge in [0.1, 0.15) is 0 Å². The molecule has 2 heterocycles. The SMILES string of the molecule is CCNC(=NCc1ccccc1CN1CCCC1=O)N1CCc2ccccc2C1.I. The summed E-state index contributed by atoms with van der Waals surface area (Å²) in [4.78, 5) is 21.3. The molecular weight excluding hydrogens is 487 g/mol. The van der Waals surface area contributed by atoms with E-state index < -0.39 is 0 Å². The zero-order valence-corrected chi connectivity index (χ0v) is 20.0. The Labute approximate surface area is 196 Å². The number of fused-ring (bicyclic) bond motifs is 1. The third-order valence-corrected chi connectivity index (χ3v) is 5.82. The smallest absolute Gasteiger partial charge is 0.222 e. The monoisotopic (exact) mass is 518 g/mol. The van der Waals surface area contributed by atoms with Gasteiger partial charge in [-0.1, -0.05) is 48.5 Å². The molecule has 6 heteroatoms. The Balaban J connectivity index is 0.00000256. The minimum Gasteiger partial charge on any atom is -0.356 e. The molecule has 2 aromatic carbocycles. The Hall–Kier alpha value is -2.09. The van der Waals surface area contributed by atoms with Gasteiger partial charge >= 0.3 is 0 Å². The number of nitrogens with one attached hydrogen (secondary N) is 1. The second-order valence-corrected chi connectivity index (χ2v) is 7.80. The number of nitrogens with zero attached hydrogens (tertiary/aromatic N) is 3. The maximum Gasteiger partial charge on any atom is 0.222 e. The lowest BCUT2D eigenvalue weighted by molar-refractivity contribution is -0.128. The van der Waals surface area contributed by atoms with Crippen molar-refractivity contribution in [3.63, 3.8) is 0 Å². The molecular formula is C24H31IN4O. The van der Waals surface area contributed by atoms with Crippen molar-refractivity contribution in [2.75, 3.05) is 19.6 Å². The maximum atomic E-state index is 12.0. The lowest BCUT2D eigenvalue weighted by Crippen LogP contribution is -2.44. The average Bonchev–Trinajstić information content (AvgIpc) is 3.16. The molecule has 1 fully saturated rings. The molecule has 2 aliphatic heterocycles. The molecule has 4 rings (SSSR count). The third kappa shape index (κ3) is 5.33. The fourth-order valence-corrected chi connectivity index (χ4v) is 4.21. The summed E-state index contributed by atoms with van der Waals surface area (Å²) in [6.45, 7) is 7.02. The number of likely N-dealkylation sites (tertiary alicyclic amines) is 1. The van der Waals surface area contributed by atoms with Crippen LogP contribution in [0.2, 0.25) is 0 Å². The molecule has 1 amide bonds. The number of halogens is 1. The number of aliphatic imine (C=N–C) groups is 1. The van der Waals surface area contributed by atoms with E-state index in [0.717, 1.165) is 45.0 Å². The molecule has 0 unspecified atom stereocenters. The van der Waals surface area contributed by atoms with E-state index in [1.54, 1.807) is 0 Å². The molecule has 0 radical (unpaired) electrons. The van der Waals surface area contributed by atoms with Crippen LogP contribution in [0.1, 0.15) is 42.0 Å². The van der Waals surface area contributed by atoms with Crippen LogP contribution in [0.5, 0.6) is 0 Å². The number of carbonyl (C=O) groups excluding carboxylic acids is 1. The summed E-state index contributed by atoms with van der Waals surface area (Å²) in [5.41, 5.74) is 5.23. The van der Waals surface area contributed by atoms with Crippen molar-refractivity contribution in [2.45, 2.75) is 45.8 Å². The molecule has 5 nitrogen and oxygen atoms in total. The second-order valence-electron chi connectivity index (χ2n) is 7.80. The van der Waals surface area contributed by atoms with E-state index >= 15 is 0 Å². The summed E-state index contributed by atoms with van der Waals surface area (Å²) < 4.78 is 0. The highest BCUT2D eigenvalue weighted by atomic mass is 127. The van der Waals surface area contributed by atoms with Crippen molar-refractivity contribution in [1.82, 2.24) is 15.1 Å². The first kappa shape index (κ1) is 22.6. The van der Waals surface area contributed by atoms with Gasteiger partial charge < -0.3 is 15.1 Å². The molecule has 1 N–H and O–H groups in total. The van der Waals surface area contributed by atoms with Gasteiger partial charge in [0.2, 0.25) is 5.91 Å². The normalized spacial score (nSPS) is 16.3. The van der Waals surface area contributed by atoms with Crippen molar-refractivity contribution in [2.24, 2.45) is 4.99 Å². The summed E-state index contributed by atoms with van der Waals surface area (Å²) in [6, 6.07) is 17.0. The van der Waals surface area contributed by atoms with E-state index in [2.05, 4.69) is 65.7 Å². The molecule has 30 heavy (non-hydrogen) atoms. The largest absolute Gasteiger partial charge is 0.356 e. The maximum absolute atomic E-state index is 12.0. The van der Waals surface area contributed by atoms with Gasteiger partial charge in [-0.05, 0) is 42.0 Å². The van der Waals surface area contributed by atoms with Crippen LogP contribution in [0.15, 0.2) is 53.5 Å². The topological polar surface area (TPSA) is 47.9 Å². The Bertz CT molecular complexity index is 898. The molecule has 0 bridgehead atoms. The van der Waals surface area contributed by atoms with Crippen LogP contribution in [0.4, 0.5) is 0 Å². The van der Waals surface area contributed by atoms with Crippen LogP contribution < -0.4 is 5.32 Å². The molecule has 1 saturated heterocycles. The van der Waals surface area contributed by atoms with E-state index in [0.29, 0.717) is 19.5 Å². The minimum absolute atomic E-state index is 0. The third-order valence-electron chi connectivity index (χ3n) is 5.82. The molecule has 0 aromatic heterocycles. The number of benzene rings is 2. The summed E-state index contributed by atoms with van der Waals surface area (Å²) >= 11 is 0. The van der Waals surface area contributed by atoms with Crippen LogP contribution in [0, 0.1) is 0 Å². The summed E-state index contributed by atoms with van der Waals surface area (Å²) in [7, 11) is 0. The highest BCUT2D eigenvalue weighted by molar-refractivity contribution is 14.0. The highest BCUT2D eigenvalue weighted by Gasteiger charge is 2.21. The number of hydrogen-bond acceptors (Lipinski definition) is 2. The van der Waals surface area contributed by atoms with Gasteiger partial charge in [0.25, 0.3) is 0 Å². The molecule has 2 aliphatic rings. The van der Waals surface area contributed by atoms with Crippen LogP contribution in [-0.4, -0.2) is 41.3 Å². The van der Waals surface area contributed by atoms with Gasteiger partial charge in [-0.3, -0.25) is 4.79 Å². The number of hydrogen-bond donors (Lipinski definition) is 1. The van der Waals surface area contributed by atoms with Crippen LogP contribution in [-0.2, 0) is 30.8 Å². The number of guanidine groups is 1. The van der Waals surface area contributed by atoms with Crippen molar-refractivity contribution >= 4 is 35.8 Å². The lowest BCUT2D eigenvalue weighted by Gasteiger charge is -2.31. The van der Waals surface area contributed by atoms with E-state index in [9.17, 15) is 4.79 Å². The van der Waals surface area contributed by atoms with E-state index in [1.807, 2.05) is 4.90 Å². The predicted molar refractivity (Wildman–Crippen MR) is 132 cm³/mol. The second kappa shape index (κ2) is 10.8. The fourth-order valence-electron chi connectivity index (χ4n) is 4.21. The summed E-state index contributed by atoms with van der Waals surface area (Å²) in [6.07, 6.45) is 2.70. The quantitative estimate of drug-likeness (QED) is 0.371. The van der Waals surface area contributed by atoms with Gasteiger partial charge in [-0.25, -0.2) is 4.99 Å². The average molecular weight is 518 g/mol. The molecule has 160 valence electrons. The molecule has 0 atom stereocenters. The number of rotatable bonds is 5. The van der Waals surface area contributed by atoms with Crippen molar-refractivity contribution in [1.29, 1.82) is 0 Å². The highest BCUT2D eigenvalue weighted by Crippen LogP contribution is 2.20. The van der Waals surface area contributed by atoms with E-state index in [-0.39, 0.29) is 29.9 Å². The first-order chi connectivity index (χ1) is 14.2. The Morgan fingerprint density at radius 3 is 2.47 bits per heavy atom. The zero-order valence-electron chi connectivity index (χ0n) is 17.6. The van der Waals surface area contributed by atoms with E-state index in [1.165, 1.54) is 22.3 Å². The van der Waals surface area contributed by atoms with Crippen molar-refractivity contribution in [3.8, 4) is 0 Å². The predicted octanol–water partition coefficient (Wildman–Crippen LogP) is 3.95. The number of amides is 1. The van der Waals surface area contributed by atoms with Crippen LogP contribution in [0.25, 0.3) is 0 Å². The molecule has 2 aromatic rings. The van der Waals surface area contributed by atoms with Crippen LogP contribution >= 0.6 is 24.0 Å². The van der Waals surface area contributed by atoms with Gasteiger partial charge in [-0.2, -0.15) is 0 Å². The van der Waals surface area contributed by atoms with Gasteiger partial charge in [0.15, 0.2) is 5.96 Å². The fraction of sp³-hybridized carbons (Fsp3) is 0.417. The molecule has 0 saturated carbocycles. The summed E-state index contributed by atoms with van der Waals surface area (Å²) in [5, 5.41) is 3.46. The molecule has 0 aliphatic carbocycles. The van der Waals surface area contributed by atoms with E-state index in [4.69, 9.17) is 4.99 Å².